The van der Waals surface area contributed by atoms with E-state index in [4.69, 9.17) is 9.15 Å². The van der Waals surface area contributed by atoms with Crippen molar-refractivity contribution in [3.8, 4) is 28.3 Å². The summed E-state index contributed by atoms with van der Waals surface area (Å²) in [5, 5.41) is 10.6. The lowest BCUT2D eigenvalue weighted by Gasteiger charge is -2.09. The van der Waals surface area contributed by atoms with Gasteiger partial charge in [-0.05, 0) is 24.1 Å². The van der Waals surface area contributed by atoms with Crippen LogP contribution in [-0.2, 0) is 11.8 Å². The number of benzene rings is 2. The lowest BCUT2D eigenvalue weighted by atomic mass is 9.97. The van der Waals surface area contributed by atoms with Gasteiger partial charge in [0.1, 0.15) is 17.3 Å². The number of aryl methyl sites for hydroxylation is 1. The molecule has 152 valence electrons. The van der Waals surface area contributed by atoms with Crippen LogP contribution < -0.4 is 0 Å². The molecule has 5 nitrogen and oxygen atoms in total. The lowest BCUT2D eigenvalue weighted by molar-refractivity contribution is 0.0516. The summed E-state index contributed by atoms with van der Waals surface area (Å²) in [6.07, 6.45) is 3.33. The first-order chi connectivity index (χ1) is 14.6. The monoisotopic (exact) mass is 400 g/mol. The van der Waals surface area contributed by atoms with Crippen molar-refractivity contribution >= 4 is 16.9 Å². The maximum absolute atomic E-state index is 12.4. The van der Waals surface area contributed by atoms with Crippen molar-refractivity contribution in [1.29, 1.82) is 5.26 Å². The Hall–Kier alpha value is -3.78. The van der Waals surface area contributed by atoms with Gasteiger partial charge in [0.15, 0.2) is 0 Å². The molecule has 0 aliphatic rings. The molecule has 0 saturated carbocycles. The van der Waals surface area contributed by atoms with Crippen molar-refractivity contribution < 1.29 is 13.9 Å². The van der Waals surface area contributed by atoms with E-state index < -0.39 is 5.97 Å². The Morgan fingerprint density at radius 2 is 1.80 bits per heavy atom. The maximum atomic E-state index is 12.4. The number of hydrogen-bond acceptors (Lipinski definition) is 4. The summed E-state index contributed by atoms with van der Waals surface area (Å²) in [7, 11) is 1.74. The largest absolute Gasteiger partial charge is 0.464 e. The second-order valence-corrected chi connectivity index (χ2v) is 6.43. The van der Waals surface area contributed by atoms with E-state index in [0.717, 1.165) is 27.7 Å². The highest BCUT2D eigenvalue weighted by molar-refractivity contribution is 5.98. The zero-order valence-electron chi connectivity index (χ0n) is 17.6. The number of rotatable bonds is 4. The Bertz CT molecular complexity index is 1210. The zero-order chi connectivity index (χ0) is 21.7. The number of para-hydroxylation sites is 1. The van der Waals surface area contributed by atoms with Gasteiger partial charge in [-0.3, -0.25) is 0 Å². The third kappa shape index (κ3) is 3.72. The maximum Gasteiger partial charge on any atom is 0.355 e. The van der Waals surface area contributed by atoms with Gasteiger partial charge in [-0.15, -0.1) is 0 Å². The molecule has 0 aliphatic heterocycles. The van der Waals surface area contributed by atoms with Gasteiger partial charge in [0.25, 0.3) is 0 Å². The zero-order valence-corrected chi connectivity index (χ0v) is 17.6. The third-order valence-electron chi connectivity index (χ3n) is 4.73. The predicted molar refractivity (Wildman–Crippen MR) is 118 cm³/mol. The molecule has 0 atom stereocenters. The fraction of sp³-hybridized carbons (Fsp3) is 0.200. The van der Waals surface area contributed by atoms with E-state index in [1.165, 1.54) is 0 Å². The Labute approximate surface area is 176 Å². The summed E-state index contributed by atoms with van der Waals surface area (Å²) in [5.74, 6) is -0.439. The van der Waals surface area contributed by atoms with Crippen LogP contribution in [0.25, 0.3) is 33.2 Å². The molecule has 0 unspecified atom stereocenters. The van der Waals surface area contributed by atoms with Crippen LogP contribution in [0.15, 0.2) is 65.4 Å². The minimum absolute atomic E-state index is 0.275. The number of nitriles is 1. The molecule has 2 heterocycles. The van der Waals surface area contributed by atoms with Crippen LogP contribution in [0.5, 0.6) is 0 Å². The van der Waals surface area contributed by atoms with Gasteiger partial charge in [0.2, 0.25) is 0 Å². The van der Waals surface area contributed by atoms with Crippen LogP contribution in [0.3, 0.4) is 0 Å². The second kappa shape index (κ2) is 9.15. The number of fused-ring (bicyclic) bond motifs is 1. The van der Waals surface area contributed by atoms with Crippen LogP contribution >= 0.6 is 0 Å². The summed E-state index contributed by atoms with van der Waals surface area (Å²) in [6, 6.07) is 17.9. The number of carbonyl (C=O) groups excluding carboxylic acids is 1. The Kier molecular flexibility index (Phi) is 6.38. The van der Waals surface area contributed by atoms with Gasteiger partial charge in [-0.1, -0.05) is 56.3 Å². The number of ether oxygens (including phenoxy) is 1. The standard InChI is InChI=1S/C23H18N2O3.C2H6/c1-3-27-23(26)21-20(18(13-24)14-25(21)2)16-9-7-15(8-10-16)19-6-4-5-17-11-12-28-22(17)19;1-2/h4-12,14H,3H2,1-2H3;1-2H3. The molecule has 5 heteroatoms. The third-order valence-corrected chi connectivity index (χ3v) is 4.73. The van der Waals surface area contributed by atoms with Gasteiger partial charge in [-0.2, -0.15) is 5.26 Å². The Morgan fingerprint density at radius 3 is 2.47 bits per heavy atom. The molecule has 0 spiro atoms. The topological polar surface area (TPSA) is 68.2 Å². The van der Waals surface area contributed by atoms with Gasteiger partial charge in [-0.25, -0.2) is 4.79 Å². The van der Waals surface area contributed by atoms with E-state index in [0.29, 0.717) is 16.8 Å². The van der Waals surface area contributed by atoms with Crippen molar-refractivity contribution in [1.82, 2.24) is 4.57 Å². The van der Waals surface area contributed by atoms with Crippen molar-refractivity contribution in [2.24, 2.45) is 7.05 Å². The van der Waals surface area contributed by atoms with Crippen LogP contribution in [0.4, 0.5) is 0 Å². The van der Waals surface area contributed by atoms with Crippen LogP contribution in [0, 0.1) is 11.3 Å². The lowest BCUT2D eigenvalue weighted by Crippen LogP contribution is -2.10. The normalized spacial score (nSPS) is 10.2. The first-order valence-electron chi connectivity index (χ1n) is 9.97. The first-order valence-corrected chi connectivity index (χ1v) is 9.97. The van der Waals surface area contributed by atoms with Gasteiger partial charge < -0.3 is 13.7 Å². The molecule has 0 radical (unpaired) electrons. The highest BCUT2D eigenvalue weighted by Crippen LogP contribution is 2.34. The molecule has 30 heavy (non-hydrogen) atoms. The van der Waals surface area contributed by atoms with Crippen molar-refractivity contribution in [3.05, 3.63) is 72.2 Å². The van der Waals surface area contributed by atoms with Crippen molar-refractivity contribution in [2.45, 2.75) is 20.8 Å². The minimum atomic E-state index is -0.439. The molecule has 4 rings (SSSR count). The van der Waals surface area contributed by atoms with E-state index in [1.54, 1.807) is 31.0 Å². The smallest absolute Gasteiger partial charge is 0.355 e. The molecule has 2 aromatic heterocycles. The van der Waals surface area contributed by atoms with Gasteiger partial charge >= 0.3 is 5.97 Å². The quantitative estimate of drug-likeness (QED) is 0.384. The van der Waals surface area contributed by atoms with Gasteiger partial charge in [0.05, 0.1) is 18.4 Å². The molecule has 2 aromatic carbocycles. The molecule has 4 aromatic rings. The minimum Gasteiger partial charge on any atom is -0.464 e. The van der Waals surface area contributed by atoms with Crippen LogP contribution in [-0.4, -0.2) is 17.1 Å². The Balaban J connectivity index is 0.00000124. The second-order valence-electron chi connectivity index (χ2n) is 6.43. The average Bonchev–Trinajstić information content (AvgIpc) is 3.39. The molecule has 0 saturated heterocycles. The molecule has 0 bridgehead atoms. The molecule has 0 amide bonds. The molecule has 0 fully saturated rings. The van der Waals surface area contributed by atoms with E-state index in [2.05, 4.69) is 6.07 Å². The summed E-state index contributed by atoms with van der Waals surface area (Å²) in [6.45, 7) is 6.03. The predicted octanol–water partition coefficient (Wildman–Crippen LogP) is 6.18. The molecular formula is C25H24N2O3. The van der Waals surface area contributed by atoms with E-state index >= 15 is 0 Å². The summed E-state index contributed by atoms with van der Waals surface area (Å²) < 4.78 is 12.4. The number of aromatic nitrogens is 1. The fourth-order valence-corrected chi connectivity index (χ4v) is 3.49. The van der Waals surface area contributed by atoms with Crippen LogP contribution in [0.2, 0.25) is 0 Å². The first kappa shape index (κ1) is 20.9. The number of hydrogen-bond donors (Lipinski definition) is 0. The van der Waals surface area contributed by atoms with E-state index in [1.807, 2.05) is 62.4 Å². The number of esters is 1. The van der Waals surface area contributed by atoms with E-state index in [-0.39, 0.29) is 6.61 Å². The highest BCUT2D eigenvalue weighted by atomic mass is 16.5. The Morgan fingerprint density at radius 1 is 1.10 bits per heavy atom. The number of carbonyl (C=O) groups is 1. The van der Waals surface area contributed by atoms with Crippen LogP contribution in [0.1, 0.15) is 36.8 Å². The highest BCUT2D eigenvalue weighted by Gasteiger charge is 2.23. The number of nitrogens with zero attached hydrogens (tertiary/aromatic N) is 2. The van der Waals surface area contributed by atoms with E-state index in [9.17, 15) is 10.1 Å². The SMILES string of the molecule is CC.CCOC(=O)c1c(-c2ccc(-c3cccc4ccoc34)cc2)c(C#N)cn1C. The average molecular weight is 400 g/mol. The molecular weight excluding hydrogens is 376 g/mol. The summed E-state index contributed by atoms with van der Waals surface area (Å²) >= 11 is 0. The fourth-order valence-electron chi connectivity index (χ4n) is 3.49. The van der Waals surface area contributed by atoms with Crippen molar-refractivity contribution in [2.75, 3.05) is 6.61 Å². The summed E-state index contributed by atoms with van der Waals surface area (Å²) in [4.78, 5) is 12.4. The molecule has 0 aliphatic carbocycles. The number of furan rings is 1. The van der Waals surface area contributed by atoms with Gasteiger partial charge in [0, 0.05) is 29.8 Å². The summed E-state index contributed by atoms with van der Waals surface area (Å²) in [5.41, 5.74) is 5.01. The molecule has 0 N–H and O–H groups in total. The van der Waals surface area contributed by atoms with Crippen molar-refractivity contribution in [3.63, 3.8) is 0 Å².